The molecule has 1 aromatic heterocycles. The van der Waals surface area contributed by atoms with Crippen molar-refractivity contribution in [1.82, 2.24) is 9.97 Å². The molecule has 1 heterocycles. The summed E-state index contributed by atoms with van der Waals surface area (Å²) in [5.41, 5.74) is 1.04. The number of fused-ring (bicyclic) bond motifs is 1. The van der Waals surface area contributed by atoms with Crippen LogP contribution in [0, 0.1) is 7.14 Å². The second kappa shape index (κ2) is 3.41. The van der Waals surface area contributed by atoms with E-state index in [0.29, 0.717) is 0 Å². The Labute approximate surface area is 97.1 Å². The van der Waals surface area contributed by atoms with Gasteiger partial charge in [-0.25, -0.2) is 9.97 Å². The van der Waals surface area contributed by atoms with E-state index in [1.807, 2.05) is 12.3 Å². The highest BCUT2D eigenvalue weighted by atomic mass is 127. The van der Waals surface area contributed by atoms with Crippen LogP contribution >= 0.6 is 45.2 Å². The maximum Gasteiger partial charge on any atom is 0.116 e. The van der Waals surface area contributed by atoms with Gasteiger partial charge in [0.25, 0.3) is 0 Å². The van der Waals surface area contributed by atoms with Gasteiger partial charge in [0.15, 0.2) is 0 Å². The van der Waals surface area contributed by atoms with Crippen LogP contribution in [0.15, 0.2) is 24.7 Å². The fourth-order valence-electron chi connectivity index (χ4n) is 0.995. The SMILES string of the molecule is Ic1ccc2cncnc2c1I. The molecule has 12 heavy (non-hydrogen) atoms. The topological polar surface area (TPSA) is 25.8 Å². The van der Waals surface area contributed by atoms with Crippen molar-refractivity contribution < 1.29 is 0 Å². The molecule has 0 aliphatic rings. The van der Waals surface area contributed by atoms with Crippen molar-refractivity contribution in [2.24, 2.45) is 0 Å². The number of aromatic nitrogens is 2. The summed E-state index contributed by atoms with van der Waals surface area (Å²) >= 11 is 4.61. The molecule has 2 aromatic rings. The Hall–Kier alpha value is 0.0200. The highest BCUT2D eigenvalue weighted by molar-refractivity contribution is 14.1. The van der Waals surface area contributed by atoms with Crippen molar-refractivity contribution in [3.05, 3.63) is 31.8 Å². The maximum absolute atomic E-state index is 4.22. The molecule has 4 heteroatoms. The van der Waals surface area contributed by atoms with Gasteiger partial charge in [-0.1, -0.05) is 6.07 Å². The summed E-state index contributed by atoms with van der Waals surface area (Å²) in [6.07, 6.45) is 3.42. The molecule has 1 aromatic carbocycles. The standard InChI is InChI=1S/C8H4I2N2/c9-6-2-1-5-3-11-4-12-8(5)7(6)10/h1-4H. The predicted octanol–water partition coefficient (Wildman–Crippen LogP) is 2.84. The quantitative estimate of drug-likeness (QED) is 0.656. The Morgan fingerprint density at radius 1 is 1.17 bits per heavy atom. The normalized spacial score (nSPS) is 10.5. The van der Waals surface area contributed by atoms with E-state index in [4.69, 9.17) is 0 Å². The molecule has 0 amide bonds. The summed E-state index contributed by atoms with van der Waals surface area (Å²) < 4.78 is 2.44. The molecule has 0 bridgehead atoms. The molecule has 0 unspecified atom stereocenters. The summed E-state index contributed by atoms with van der Waals surface area (Å²) in [6.45, 7) is 0. The van der Waals surface area contributed by atoms with Gasteiger partial charge < -0.3 is 0 Å². The number of hydrogen-bond donors (Lipinski definition) is 0. The molecule has 0 spiro atoms. The van der Waals surface area contributed by atoms with E-state index in [9.17, 15) is 0 Å². The molecule has 0 saturated carbocycles. The number of rotatable bonds is 0. The Morgan fingerprint density at radius 2 is 2.00 bits per heavy atom. The molecule has 0 saturated heterocycles. The van der Waals surface area contributed by atoms with Crippen LogP contribution in [-0.4, -0.2) is 9.97 Å². The first kappa shape index (κ1) is 8.61. The van der Waals surface area contributed by atoms with Gasteiger partial charge in [0.05, 0.1) is 9.09 Å². The minimum Gasteiger partial charge on any atom is -0.244 e. The lowest BCUT2D eigenvalue weighted by Gasteiger charge is -1.99. The highest BCUT2D eigenvalue weighted by Gasteiger charge is 2.02. The van der Waals surface area contributed by atoms with Gasteiger partial charge in [-0.15, -0.1) is 0 Å². The molecule has 0 radical (unpaired) electrons. The van der Waals surface area contributed by atoms with Crippen LogP contribution in [-0.2, 0) is 0 Å². The van der Waals surface area contributed by atoms with Gasteiger partial charge in [-0.2, -0.15) is 0 Å². The van der Waals surface area contributed by atoms with Crippen LogP contribution in [0.5, 0.6) is 0 Å². The van der Waals surface area contributed by atoms with E-state index < -0.39 is 0 Å². The van der Waals surface area contributed by atoms with E-state index in [-0.39, 0.29) is 0 Å². The minimum absolute atomic E-state index is 1.04. The van der Waals surface area contributed by atoms with E-state index in [2.05, 4.69) is 61.2 Å². The van der Waals surface area contributed by atoms with E-state index in [1.54, 1.807) is 6.33 Å². The Balaban J connectivity index is 2.91. The van der Waals surface area contributed by atoms with E-state index in [1.165, 1.54) is 7.14 Å². The summed E-state index contributed by atoms with van der Waals surface area (Å²) in [6, 6.07) is 4.12. The third kappa shape index (κ3) is 1.41. The van der Waals surface area contributed by atoms with Gasteiger partial charge in [0.2, 0.25) is 0 Å². The van der Waals surface area contributed by atoms with Crippen LogP contribution in [0.2, 0.25) is 0 Å². The molecule has 0 aliphatic carbocycles. The van der Waals surface area contributed by atoms with Crippen LogP contribution in [0.4, 0.5) is 0 Å². The number of benzene rings is 1. The van der Waals surface area contributed by atoms with Gasteiger partial charge in [0, 0.05) is 15.2 Å². The van der Waals surface area contributed by atoms with Crippen LogP contribution in [0.1, 0.15) is 0 Å². The predicted molar refractivity (Wildman–Crippen MR) is 65.0 cm³/mol. The summed E-state index contributed by atoms with van der Waals surface area (Å²) in [4.78, 5) is 8.18. The maximum atomic E-state index is 4.22. The molecular formula is C8H4I2N2. The van der Waals surface area contributed by atoms with Crippen molar-refractivity contribution in [2.45, 2.75) is 0 Å². The summed E-state index contributed by atoms with van der Waals surface area (Å²) in [5, 5.41) is 1.10. The Kier molecular flexibility index (Phi) is 2.44. The van der Waals surface area contributed by atoms with Crippen molar-refractivity contribution in [3.63, 3.8) is 0 Å². The monoisotopic (exact) mass is 382 g/mol. The van der Waals surface area contributed by atoms with Crippen molar-refractivity contribution >= 4 is 56.1 Å². The van der Waals surface area contributed by atoms with E-state index in [0.717, 1.165) is 10.9 Å². The van der Waals surface area contributed by atoms with Gasteiger partial charge in [0.1, 0.15) is 6.33 Å². The first-order valence-electron chi connectivity index (χ1n) is 3.33. The molecule has 2 nitrogen and oxygen atoms in total. The molecule has 0 N–H and O–H groups in total. The smallest absolute Gasteiger partial charge is 0.116 e. The van der Waals surface area contributed by atoms with Crippen molar-refractivity contribution in [2.75, 3.05) is 0 Å². The molecule has 0 aliphatic heterocycles. The van der Waals surface area contributed by atoms with E-state index >= 15 is 0 Å². The zero-order chi connectivity index (χ0) is 8.55. The third-order valence-electron chi connectivity index (χ3n) is 1.57. The summed E-state index contributed by atoms with van der Waals surface area (Å²) in [7, 11) is 0. The average Bonchev–Trinajstić information content (AvgIpc) is 2.12. The number of hydrogen-bond acceptors (Lipinski definition) is 2. The second-order valence-corrected chi connectivity index (χ2v) is 4.56. The number of halogens is 2. The largest absolute Gasteiger partial charge is 0.244 e. The lowest BCUT2D eigenvalue weighted by Crippen LogP contribution is -1.87. The lowest BCUT2D eigenvalue weighted by atomic mass is 10.2. The zero-order valence-corrected chi connectivity index (χ0v) is 10.3. The molecule has 60 valence electrons. The number of nitrogens with zero attached hydrogens (tertiary/aromatic N) is 2. The van der Waals surface area contributed by atoms with Crippen LogP contribution < -0.4 is 0 Å². The van der Waals surface area contributed by atoms with Gasteiger partial charge >= 0.3 is 0 Å². The minimum atomic E-state index is 1.04. The first-order chi connectivity index (χ1) is 5.79. The van der Waals surface area contributed by atoms with Crippen molar-refractivity contribution in [3.8, 4) is 0 Å². The second-order valence-electron chi connectivity index (χ2n) is 2.32. The molecule has 0 atom stereocenters. The average molecular weight is 382 g/mol. The van der Waals surface area contributed by atoms with Crippen molar-refractivity contribution in [1.29, 1.82) is 0 Å². The summed E-state index contributed by atoms with van der Waals surface area (Å²) in [5.74, 6) is 0. The Bertz CT molecular complexity index is 428. The first-order valence-corrected chi connectivity index (χ1v) is 5.48. The Morgan fingerprint density at radius 3 is 2.83 bits per heavy atom. The zero-order valence-electron chi connectivity index (χ0n) is 5.96. The molecule has 2 rings (SSSR count). The van der Waals surface area contributed by atoms with Crippen LogP contribution in [0.25, 0.3) is 10.9 Å². The fraction of sp³-hybridized carbons (Fsp3) is 0. The third-order valence-corrected chi connectivity index (χ3v) is 4.59. The highest BCUT2D eigenvalue weighted by Crippen LogP contribution is 2.22. The van der Waals surface area contributed by atoms with Gasteiger partial charge in [-0.3, -0.25) is 0 Å². The van der Waals surface area contributed by atoms with Crippen LogP contribution in [0.3, 0.4) is 0 Å². The van der Waals surface area contributed by atoms with Gasteiger partial charge in [-0.05, 0) is 51.2 Å². The lowest BCUT2D eigenvalue weighted by molar-refractivity contribution is 1.22. The fourth-order valence-corrected chi connectivity index (χ4v) is 2.06. The molecule has 0 fully saturated rings. The molecular weight excluding hydrogens is 378 g/mol.